The van der Waals surface area contributed by atoms with Crippen LogP contribution in [-0.4, -0.2) is 72.7 Å². The number of ether oxygens (including phenoxy) is 1. The number of nitrogens with one attached hydrogen (secondary N) is 1. The summed E-state index contributed by atoms with van der Waals surface area (Å²) in [5.74, 6) is 1.62. The summed E-state index contributed by atoms with van der Waals surface area (Å²) in [7, 11) is 3.87. The summed E-state index contributed by atoms with van der Waals surface area (Å²) in [6, 6.07) is 10.8. The van der Waals surface area contributed by atoms with Gasteiger partial charge < -0.3 is 15.0 Å². The van der Waals surface area contributed by atoms with Crippen molar-refractivity contribution in [3.8, 4) is 11.1 Å². The van der Waals surface area contributed by atoms with Crippen molar-refractivity contribution in [1.29, 1.82) is 0 Å². The number of thiophene rings is 1. The Morgan fingerprint density at radius 2 is 1.90 bits per heavy atom. The van der Waals surface area contributed by atoms with E-state index in [4.69, 9.17) is 14.7 Å². The second-order valence-electron chi connectivity index (χ2n) is 7.77. The van der Waals surface area contributed by atoms with Crippen LogP contribution in [0.15, 0.2) is 35.7 Å². The van der Waals surface area contributed by atoms with E-state index in [9.17, 15) is 0 Å². The highest BCUT2D eigenvalue weighted by atomic mass is 32.1. The Bertz CT molecular complexity index is 937. The standard InChI is InChI=1S/C22H29N5OS/c1-16(13-27-11-9-26(2)10-12-27)23-21-20-18(17-7-5-4-6-8-17)15-29-22(20)25-19(24-21)14-28-3/h4-8,15-16H,9-14H2,1-3H3,(H,23,24,25). The van der Waals surface area contributed by atoms with Gasteiger partial charge in [0.2, 0.25) is 0 Å². The Morgan fingerprint density at radius 3 is 2.62 bits per heavy atom. The first-order chi connectivity index (χ1) is 14.1. The van der Waals surface area contributed by atoms with Crippen molar-refractivity contribution >= 4 is 27.4 Å². The SMILES string of the molecule is COCc1nc(NC(C)CN2CCN(C)CC2)c2c(-c3ccccc3)csc2n1. The summed E-state index contributed by atoms with van der Waals surface area (Å²) >= 11 is 1.66. The van der Waals surface area contributed by atoms with Crippen LogP contribution in [0, 0.1) is 0 Å². The predicted molar refractivity (Wildman–Crippen MR) is 121 cm³/mol. The number of fused-ring (bicyclic) bond motifs is 1. The largest absolute Gasteiger partial charge is 0.377 e. The van der Waals surface area contributed by atoms with E-state index < -0.39 is 0 Å². The Morgan fingerprint density at radius 1 is 1.14 bits per heavy atom. The van der Waals surface area contributed by atoms with Crippen molar-refractivity contribution in [1.82, 2.24) is 19.8 Å². The molecule has 1 N–H and O–H groups in total. The molecule has 6 nitrogen and oxygen atoms in total. The van der Waals surface area contributed by atoms with E-state index >= 15 is 0 Å². The topological polar surface area (TPSA) is 53.5 Å². The predicted octanol–water partition coefficient (Wildman–Crippen LogP) is 3.55. The van der Waals surface area contributed by atoms with Crippen LogP contribution in [0.5, 0.6) is 0 Å². The quantitative estimate of drug-likeness (QED) is 0.642. The molecule has 1 aromatic carbocycles. The third kappa shape index (κ3) is 4.75. The maximum Gasteiger partial charge on any atom is 0.158 e. The maximum absolute atomic E-state index is 5.30. The average molecular weight is 412 g/mol. The molecule has 2 aromatic heterocycles. The number of rotatable bonds is 7. The van der Waals surface area contributed by atoms with Crippen molar-refractivity contribution in [2.24, 2.45) is 0 Å². The van der Waals surface area contributed by atoms with Crippen molar-refractivity contribution in [3.05, 3.63) is 41.5 Å². The van der Waals surface area contributed by atoms with Gasteiger partial charge in [-0.25, -0.2) is 9.97 Å². The highest BCUT2D eigenvalue weighted by Crippen LogP contribution is 2.37. The summed E-state index contributed by atoms with van der Waals surface area (Å²) in [6.07, 6.45) is 0. The van der Waals surface area contributed by atoms with Gasteiger partial charge >= 0.3 is 0 Å². The van der Waals surface area contributed by atoms with Crippen LogP contribution in [0.25, 0.3) is 21.3 Å². The van der Waals surface area contributed by atoms with E-state index in [1.165, 1.54) is 11.1 Å². The Kier molecular flexibility index (Phi) is 6.40. The van der Waals surface area contributed by atoms with Gasteiger partial charge in [-0.2, -0.15) is 0 Å². The molecule has 1 aliphatic rings. The normalized spacial score (nSPS) is 16.9. The average Bonchev–Trinajstić information content (AvgIpc) is 3.15. The molecule has 154 valence electrons. The fraction of sp³-hybridized carbons (Fsp3) is 0.455. The molecule has 3 aromatic rings. The summed E-state index contributed by atoms with van der Waals surface area (Å²) in [5, 5.41) is 6.97. The van der Waals surface area contributed by atoms with Crippen LogP contribution in [-0.2, 0) is 11.3 Å². The number of likely N-dealkylation sites (N-methyl/N-ethyl adjacent to an activating group) is 1. The first kappa shape index (κ1) is 20.2. The molecule has 1 fully saturated rings. The lowest BCUT2D eigenvalue weighted by Crippen LogP contribution is -2.47. The number of hydrogen-bond acceptors (Lipinski definition) is 7. The molecule has 29 heavy (non-hydrogen) atoms. The van der Waals surface area contributed by atoms with Crippen LogP contribution < -0.4 is 5.32 Å². The van der Waals surface area contributed by atoms with Crippen LogP contribution >= 0.6 is 11.3 Å². The molecule has 1 unspecified atom stereocenters. The van der Waals surface area contributed by atoms with Crippen LogP contribution in [0.3, 0.4) is 0 Å². The number of benzene rings is 1. The van der Waals surface area contributed by atoms with Crippen LogP contribution in [0.4, 0.5) is 5.82 Å². The molecule has 0 spiro atoms. The molecule has 0 bridgehead atoms. The van der Waals surface area contributed by atoms with Gasteiger partial charge in [0.25, 0.3) is 0 Å². The van der Waals surface area contributed by atoms with E-state index in [0.717, 1.165) is 54.6 Å². The number of methoxy groups -OCH3 is 1. The number of hydrogen-bond donors (Lipinski definition) is 1. The third-order valence-corrected chi connectivity index (χ3v) is 6.22. The van der Waals surface area contributed by atoms with E-state index in [1.54, 1.807) is 18.4 Å². The molecular weight excluding hydrogens is 382 g/mol. The zero-order chi connectivity index (χ0) is 20.2. The Hall–Kier alpha value is -2.06. The van der Waals surface area contributed by atoms with E-state index in [1.807, 2.05) is 6.07 Å². The smallest absolute Gasteiger partial charge is 0.158 e. The second kappa shape index (κ2) is 9.17. The van der Waals surface area contributed by atoms with Crippen molar-refractivity contribution in [2.75, 3.05) is 52.2 Å². The number of anilines is 1. The molecule has 4 rings (SSSR count). The van der Waals surface area contributed by atoms with Crippen LogP contribution in [0.2, 0.25) is 0 Å². The Balaban J connectivity index is 1.63. The summed E-state index contributed by atoms with van der Waals surface area (Å²) < 4.78 is 5.30. The minimum atomic E-state index is 0.287. The lowest BCUT2D eigenvalue weighted by Gasteiger charge is -2.34. The molecule has 0 radical (unpaired) electrons. The lowest BCUT2D eigenvalue weighted by atomic mass is 10.1. The first-order valence-electron chi connectivity index (χ1n) is 10.1. The van der Waals surface area contributed by atoms with Gasteiger partial charge in [-0.15, -0.1) is 11.3 Å². The van der Waals surface area contributed by atoms with Crippen molar-refractivity contribution in [3.63, 3.8) is 0 Å². The highest BCUT2D eigenvalue weighted by molar-refractivity contribution is 7.17. The number of aromatic nitrogens is 2. The highest BCUT2D eigenvalue weighted by Gasteiger charge is 2.19. The van der Waals surface area contributed by atoms with Gasteiger partial charge in [-0.1, -0.05) is 30.3 Å². The lowest BCUT2D eigenvalue weighted by molar-refractivity contribution is 0.151. The van der Waals surface area contributed by atoms with Crippen molar-refractivity contribution < 1.29 is 4.74 Å². The molecule has 0 aliphatic carbocycles. The molecular formula is C22H29N5OS. The first-order valence-corrected chi connectivity index (χ1v) is 11.0. The minimum absolute atomic E-state index is 0.287. The van der Waals surface area contributed by atoms with Gasteiger partial charge in [0.1, 0.15) is 17.3 Å². The third-order valence-electron chi connectivity index (χ3n) is 5.35. The zero-order valence-corrected chi connectivity index (χ0v) is 18.2. The van der Waals surface area contributed by atoms with E-state index in [-0.39, 0.29) is 6.04 Å². The second-order valence-corrected chi connectivity index (χ2v) is 8.62. The fourth-order valence-electron chi connectivity index (χ4n) is 3.81. The van der Waals surface area contributed by atoms with Gasteiger partial charge in [-0.3, -0.25) is 4.90 Å². The maximum atomic E-state index is 5.30. The molecule has 0 amide bonds. The van der Waals surface area contributed by atoms with Gasteiger partial charge in [0.15, 0.2) is 5.82 Å². The summed E-state index contributed by atoms with van der Waals surface area (Å²) in [6.45, 7) is 8.14. The van der Waals surface area contributed by atoms with Gasteiger partial charge in [0, 0.05) is 56.8 Å². The van der Waals surface area contributed by atoms with Gasteiger partial charge in [-0.05, 0) is 19.5 Å². The zero-order valence-electron chi connectivity index (χ0n) is 17.4. The molecule has 1 saturated heterocycles. The molecule has 0 saturated carbocycles. The summed E-state index contributed by atoms with van der Waals surface area (Å²) in [5.41, 5.74) is 2.38. The summed E-state index contributed by atoms with van der Waals surface area (Å²) in [4.78, 5) is 15.5. The Labute approximate surface area is 176 Å². The number of nitrogens with zero attached hydrogens (tertiary/aromatic N) is 4. The minimum Gasteiger partial charge on any atom is -0.377 e. The number of piperazine rings is 1. The molecule has 7 heteroatoms. The molecule has 1 atom stereocenters. The van der Waals surface area contributed by atoms with E-state index in [0.29, 0.717) is 6.61 Å². The van der Waals surface area contributed by atoms with Gasteiger partial charge in [0.05, 0.1) is 5.39 Å². The van der Waals surface area contributed by atoms with E-state index in [2.05, 4.69) is 58.7 Å². The molecule has 1 aliphatic heterocycles. The monoisotopic (exact) mass is 411 g/mol. The van der Waals surface area contributed by atoms with Crippen LogP contribution in [0.1, 0.15) is 12.7 Å². The molecule has 3 heterocycles. The fourth-order valence-corrected chi connectivity index (χ4v) is 4.78. The van der Waals surface area contributed by atoms with Crippen molar-refractivity contribution in [2.45, 2.75) is 19.6 Å².